The lowest BCUT2D eigenvalue weighted by Crippen LogP contribution is -2.10. The van der Waals surface area contributed by atoms with E-state index in [1.54, 1.807) is 9.48 Å². The lowest BCUT2D eigenvalue weighted by Gasteiger charge is -2.06. The van der Waals surface area contributed by atoms with Crippen LogP contribution >= 0.6 is 22.6 Å². The quantitative estimate of drug-likeness (QED) is 0.541. The van der Waals surface area contributed by atoms with Gasteiger partial charge in [0, 0.05) is 10.6 Å². The van der Waals surface area contributed by atoms with E-state index in [0.717, 1.165) is 47.2 Å². The number of hydrogen-bond acceptors (Lipinski definition) is 5. The van der Waals surface area contributed by atoms with Crippen molar-refractivity contribution in [3.63, 3.8) is 0 Å². The zero-order valence-electron chi connectivity index (χ0n) is 14.4. The van der Waals surface area contributed by atoms with Crippen LogP contribution in [0.3, 0.4) is 0 Å². The van der Waals surface area contributed by atoms with Crippen LogP contribution < -0.4 is 0 Å². The molecule has 0 amide bonds. The van der Waals surface area contributed by atoms with Gasteiger partial charge in [0.15, 0.2) is 0 Å². The fraction of sp³-hybridized carbons (Fsp3) is 0.471. The summed E-state index contributed by atoms with van der Waals surface area (Å²) in [7, 11) is 1.90. The molecule has 7 nitrogen and oxygen atoms in total. The number of nitrogens with zero attached hydrogens (tertiary/aromatic N) is 7. The topological polar surface area (TPSA) is 74.3 Å². The van der Waals surface area contributed by atoms with E-state index in [0.29, 0.717) is 6.54 Å². The molecule has 0 saturated heterocycles. The molecule has 3 aromatic heterocycles. The summed E-state index contributed by atoms with van der Waals surface area (Å²) >= 11 is 2.32. The standard InChI is InChI=1S/C17H20IN7/c1-3-14-13(18)6-7-15(20-14)17-16(24(2)23-21-17)10-25-19-9-12(22-25)8-11-4-5-11/h6-7,9,11H,3-5,8,10H2,1-2H3. The Morgan fingerprint density at radius 3 is 2.88 bits per heavy atom. The molecule has 0 atom stereocenters. The Labute approximate surface area is 160 Å². The molecule has 0 aromatic carbocycles. The van der Waals surface area contributed by atoms with E-state index in [1.807, 2.05) is 19.3 Å². The van der Waals surface area contributed by atoms with Gasteiger partial charge in [-0.25, -0.2) is 9.67 Å². The van der Waals surface area contributed by atoms with Crippen molar-refractivity contribution >= 4 is 22.6 Å². The van der Waals surface area contributed by atoms with Gasteiger partial charge in [0.1, 0.15) is 12.2 Å². The Morgan fingerprint density at radius 1 is 1.28 bits per heavy atom. The zero-order chi connectivity index (χ0) is 17.4. The minimum atomic E-state index is 0.540. The van der Waals surface area contributed by atoms with Crippen molar-refractivity contribution in [1.82, 2.24) is 35.0 Å². The summed E-state index contributed by atoms with van der Waals surface area (Å²) in [5.74, 6) is 0.808. The molecule has 3 heterocycles. The van der Waals surface area contributed by atoms with Crippen LogP contribution in [0.2, 0.25) is 0 Å². The highest BCUT2D eigenvalue weighted by atomic mass is 127. The molecule has 0 spiro atoms. The summed E-state index contributed by atoms with van der Waals surface area (Å²) in [5.41, 5.74) is 4.77. The molecule has 0 unspecified atom stereocenters. The van der Waals surface area contributed by atoms with E-state index in [1.165, 1.54) is 16.4 Å². The maximum absolute atomic E-state index is 4.76. The Morgan fingerprint density at radius 2 is 2.12 bits per heavy atom. The van der Waals surface area contributed by atoms with Crippen molar-refractivity contribution < 1.29 is 0 Å². The lowest BCUT2D eigenvalue weighted by molar-refractivity contribution is 0.548. The molecule has 25 heavy (non-hydrogen) atoms. The van der Waals surface area contributed by atoms with E-state index in [2.05, 4.69) is 56.1 Å². The summed E-state index contributed by atoms with van der Waals surface area (Å²) in [5, 5.41) is 17.5. The monoisotopic (exact) mass is 449 g/mol. The van der Waals surface area contributed by atoms with Gasteiger partial charge in [0.25, 0.3) is 0 Å². The van der Waals surface area contributed by atoms with Gasteiger partial charge in [-0.3, -0.25) is 0 Å². The molecule has 0 N–H and O–H groups in total. The highest BCUT2D eigenvalue weighted by Gasteiger charge is 2.23. The Kier molecular flexibility index (Phi) is 4.53. The second-order valence-electron chi connectivity index (χ2n) is 6.50. The SMILES string of the molecule is CCc1nc(-c2nnn(C)c2Cn2ncc(CC3CC3)n2)ccc1I. The largest absolute Gasteiger partial charge is 0.250 e. The molecule has 1 aliphatic rings. The van der Waals surface area contributed by atoms with Crippen LogP contribution in [0.25, 0.3) is 11.4 Å². The van der Waals surface area contributed by atoms with E-state index < -0.39 is 0 Å². The van der Waals surface area contributed by atoms with Crippen LogP contribution in [0, 0.1) is 9.49 Å². The number of aryl methyl sites for hydroxylation is 2. The van der Waals surface area contributed by atoms with Crippen molar-refractivity contribution in [3.8, 4) is 11.4 Å². The number of hydrogen-bond donors (Lipinski definition) is 0. The van der Waals surface area contributed by atoms with Gasteiger partial charge in [-0.15, -0.1) is 5.10 Å². The van der Waals surface area contributed by atoms with E-state index in [4.69, 9.17) is 4.98 Å². The first-order valence-electron chi connectivity index (χ1n) is 8.57. The fourth-order valence-electron chi connectivity index (χ4n) is 2.87. The van der Waals surface area contributed by atoms with E-state index >= 15 is 0 Å². The molecule has 130 valence electrons. The van der Waals surface area contributed by atoms with Crippen LogP contribution in [-0.4, -0.2) is 35.0 Å². The van der Waals surface area contributed by atoms with Gasteiger partial charge in [-0.05, 0) is 66.3 Å². The molecule has 0 radical (unpaired) electrons. The molecule has 0 aliphatic heterocycles. The Balaban J connectivity index is 1.62. The summed E-state index contributed by atoms with van der Waals surface area (Å²) in [6, 6.07) is 4.09. The number of aromatic nitrogens is 7. The lowest BCUT2D eigenvalue weighted by atomic mass is 10.2. The maximum Gasteiger partial charge on any atom is 0.136 e. The van der Waals surface area contributed by atoms with Gasteiger partial charge < -0.3 is 0 Å². The Hall–Kier alpha value is -1.84. The molecular weight excluding hydrogens is 429 g/mol. The van der Waals surface area contributed by atoms with Gasteiger partial charge in [-0.2, -0.15) is 15.0 Å². The maximum atomic E-state index is 4.76. The highest BCUT2D eigenvalue weighted by molar-refractivity contribution is 14.1. The van der Waals surface area contributed by atoms with Crippen LogP contribution in [0.5, 0.6) is 0 Å². The van der Waals surface area contributed by atoms with Crippen LogP contribution in [0.1, 0.15) is 36.8 Å². The smallest absolute Gasteiger partial charge is 0.136 e. The molecule has 1 aliphatic carbocycles. The first-order chi connectivity index (χ1) is 12.1. The predicted molar refractivity (Wildman–Crippen MR) is 102 cm³/mol. The van der Waals surface area contributed by atoms with Crippen molar-refractivity contribution in [2.75, 3.05) is 0 Å². The summed E-state index contributed by atoms with van der Waals surface area (Å²) in [6.07, 6.45) is 6.45. The minimum Gasteiger partial charge on any atom is -0.250 e. The van der Waals surface area contributed by atoms with Gasteiger partial charge in [0.2, 0.25) is 0 Å². The minimum absolute atomic E-state index is 0.540. The van der Waals surface area contributed by atoms with Crippen molar-refractivity contribution in [1.29, 1.82) is 0 Å². The molecule has 3 aromatic rings. The fourth-order valence-corrected chi connectivity index (χ4v) is 3.55. The van der Waals surface area contributed by atoms with Gasteiger partial charge in [-0.1, -0.05) is 12.1 Å². The molecular formula is C17H20IN7. The van der Waals surface area contributed by atoms with Crippen LogP contribution in [0.4, 0.5) is 0 Å². The number of rotatable bonds is 6. The van der Waals surface area contributed by atoms with Crippen molar-refractivity contribution in [2.45, 2.75) is 39.2 Å². The summed E-state index contributed by atoms with van der Waals surface area (Å²) in [6.45, 7) is 2.65. The Bertz CT molecular complexity index is 894. The molecule has 0 bridgehead atoms. The number of halogens is 1. The zero-order valence-corrected chi connectivity index (χ0v) is 16.5. The van der Waals surface area contributed by atoms with E-state index in [9.17, 15) is 0 Å². The normalized spacial score (nSPS) is 14.2. The van der Waals surface area contributed by atoms with E-state index in [-0.39, 0.29) is 0 Å². The third-order valence-corrected chi connectivity index (χ3v) is 5.49. The summed E-state index contributed by atoms with van der Waals surface area (Å²) < 4.78 is 2.96. The first kappa shape index (κ1) is 16.6. The summed E-state index contributed by atoms with van der Waals surface area (Å²) in [4.78, 5) is 6.49. The van der Waals surface area contributed by atoms with Crippen LogP contribution in [-0.2, 0) is 26.4 Å². The molecule has 1 fully saturated rings. The van der Waals surface area contributed by atoms with Gasteiger partial charge >= 0.3 is 0 Å². The third kappa shape index (κ3) is 3.58. The highest BCUT2D eigenvalue weighted by Crippen LogP contribution is 2.31. The molecule has 8 heteroatoms. The average Bonchev–Trinajstić information content (AvgIpc) is 3.20. The van der Waals surface area contributed by atoms with Crippen molar-refractivity contribution in [3.05, 3.63) is 39.0 Å². The third-order valence-electron chi connectivity index (χ3n) is 4.51. The molecule has 1 saturated carbocycles. The van der Waals surface area contributed by atoms with Crippen LogP contribution in [0.15, 0.2) is 18.3 Å². The second kappa shape index (κ2) is 6.81. The van der Waals surface area contributed by atoms with Crippen molar-refractivity contribution in [2.24, 2.45) is 13.0 Å². The first-order valence-corrected chi connectivity index (χ1v) is 9.65. The second-order valence-corrected chi connectivity index (χ2v) is 7.66. The predicted octanol–water partition coefficient (Wildman–Crippen LogP) is 2.64. The van der Waals surface area contributed by atoms with Gasteiger partial charge in [0.05, 0.1) is 29.0 Å². The number of pyridine rings is 1. The molecule has 4 rings (SSSR count). The average molecular weight is 449 g/mol.